The van der Waals surface area contributed by atoms with E-state index in [0.717, 1.165) is 10.2 Å². The summed E-state index contributed by atoms with van der Waals surface area (Å²) in [5.74, 6) is 0.315. The Morgan fingerprint density at radius 1 is 1.00 bits per heavy atom. The normalized spacial score (nSPS) is 10.4. The Hall–Kier alpha value is -2.25. The molecule has 0 amide bonds. The zero-order valence-corrected chi connectivity index (χ0v) is 13.9. The van der Waals surface area contributed by atoms with Crippen LogP contribution >= 0.6 is 27.5 Å². The highest BCUT2D eigenvalue weighted by Gasteiger charge is 2.05. The molecule has 1 heterocycles. The lowest BCUT2D eigenvalue weighted by Crippen LogP contribution is -2.02. The molecular weight excluding hydrogens is 385 g/mol. The average Bonchev–Trinajstić information content (AvgIpc) is 2.54. The van der Waals surface area contributed by atoms with Crippen LogP contribution in [0.2, 0.25) is 5.02 Å². The number of halogens is 3. The first-order valence-corrected chi connectivity index (χ1v) is 7.72. The molecule has 8 heteroatoms. The second-order valence-corrected chi connectivity index (χ2v) is 5.87. The van der Waals surface area contributed by atoms with E-state index in [4.69, 9.17) is 11.6 Å². The average molecular weight is 395 g/mol. The first-order chi connectivity index (χ1) is 11.1. The second kappa shape index (κ2) is 6.89. The topological polar surface area (TPSA) is 62.7 Å². The van der Waals surface area contributed by atoms with Crippen LogP contribution in [0.15, 0.2) is 53.1 Å². The molecule has 1 aromatic heterocycles. The highest BCUT2D eigenvalue weighted by molar-refractivity contribution is 9.10. The molecule has 2 N–H and O–H groups in total. The second-order valence-electron chi connectivity index (χ2n) is 4.55. The van der Waals surface area contributed by atoms with Crippen LogP contribution in [0, 0.1) is 5.82 Å². The number of hydrogen-bond acceptors (Lipinski definition) is 5. The molecule has 0 unspecified atom stereocenters. The van der Waals surface area contributed by atoms with E-state index in [1.165, 1.54) is 18.3 Å². The maximum atomic E-state index is 13.2. The molecule has 3 rings (SSSR count). The van der Waals surface area contributed by atoms with Crippen molar-refractivity contribution >= 4 is 50.7 Å². The van der Waals surface area contributed by atoms with Gasteiger partial charge in [-0.3, -0.25) is 0 Å². The summed E-state index contributed by atoms with van der Waals surface area (Å²) in [5, 5.41) is 13.8. The van der Waals surface area contributed by atoms with Gasteiger partial charge in [0.05, 0.1) is 11.2 Å². The number of nitrogens with one attached hydrogen (secondary N) is 2. The quantitative estimate of drug-likeness (QED) is 0.658. The number of nitrogens with zero attached hydrogens (tertiary/aromatic N) is 3. The van der Waals surface area contributed by atoms with E-state index >= 15 is 0 Å². The maximum absolute atomic E-state index is 13.2. The van der Waals surface area contributed by atoms with Crippen molar-refractivity contribution in [2.24, 2.45) is 0 Å². The zero-order chi connectivity index (χ0) is 16.2. The van der Waals surface area contributed by atoms with Crippen LogP contribution in [0.4, 0.5) is 27.5 Å². The van der Waals surface area contributed by atoms with Gasteiger partial charge in [0.25, 0.3) is 0 Å². The molecule has 0 saturated carbocycles. The van der Waals surface area contributed by atoms with Gasteiger partial charge in [0.2, 0.25) is 5.95 Å². The van der Waals surface area contributed by atoms with Gasteiger partial charge in [-0.25, -0.2) is 4.39 Å². The molecular formula is C15H10BrClFN5. The van der Waals surface area contributed by atoms with E-state index in [9.17, 15) is 4.39 Å². The summed E-state index contributed by atoms with van der Waals surface area (Å²) in [4.78, 5) is 4.29. The fourth-order valence-corrected chi connectivity index (χ4v) is 2.25. The van der Waals surface area contributed by atoms with Gasteiger partial charge in [0.15, 0.2) is 5.82 Å². The van der Waals surface area contributed by atoms with Crippen LogP contribution in [-0.4, -0.2) is 15.2 Å². The Morgan fingerprint density at radius 2 is 1.74 bits per heavy atom. The Bertz CT molecular complexity index is 828. The van der Waals surface area contributed by atoms with Gasteiger partial charge in [-0.1, -0.05) is 27.5 Å². The van der Waals surface area contributed by atoms with Crippen LogP contribution < -0.4 is 10.6 Å². The first-order valence-electron chi connectivity index (χ1n) is 6.54. The molecule has 0 atom stereocenters. The molecule has 0 aliphatic rings. The van der Waals surface area contributed by atoms with Gasteiger partial charge in [-0.2, -0.15) is 10.1 Å². The summed E-state index contributed by atoms with van der Waals surface area (Å²) in [7, 11) is 0. The Labute approximate surface area is 145 Å². The molecule has 0 bridgehead atoms. The molecule has 3 aromatic rings. The first kappa shape index (κ1) is 15.6. The van der Waals surface area contributed by atoms with Crippen LogP contribution in [-0.2, 0) is 0 Å². The van der Waals surface area contributed by atoms with Gasteiger partial charge in [0, 0.05) is 15.8 Å². The van der Waals surface area contributed by atoms with E-state index in [1.807, 2.05) is 24.3 Å². The van der Waals surface area contributed by atoms with Crippen LogP contribution in [0.25, 0.3) is 0 Å². The summed E-state index contributed by atoms with van der Waals surface area (Å²) in [5.41, 5.74) is 1.43. The minimum Gasteiger partial charge on any atom is -0.339 e. The SMILES string of the molecule is Fc1ccc(Nc2nncc(Nc3ccc(Br)cc3)n2)cc1Cl. The van der Waals surface area contributed by atoms with Crippen molar-refractivity contribution in [2.75, 3.05) is 10.6 Å². The molecule has 0 aliphatic heterocycles. The highest BCUT2D eigenvalue weighted by Crippen LogP contribution is 2.22. The van der Waals surface area contributed by atoms with E-state index in [-0.39, 0.29) is 11.0 Å². The molecule has 2 aromatic carbocycles. The molecule has 0 radical (unpaired) electrons. The van der Waals surface area contributed by atoms with Crippen molar-refractivity contribution < 1.29 is 4.39 Å². The predicted molar refractivity (Wildman–Crippen MR) is 91.9 cm³/mol. The van der Waals surface area contributed by atoms with Crippen molar-refractivity contribution in [3.63, 3.8) is 0 Å². The van der Waals surface area contributed by atoms with Gasteiger partial charge in [-0.15, -0.1) is 5.10 Å². The van der Waals surface area contributed by atoms with E-state index in [2.05, 4.69) is 41.7 Å². The zero-order valence-electron chi connectivity index (χ0n) is 11.6. The predicted octanol–water partition coefficient (Wildman–Crippen LogP) is 4.91. The third-order valence-corrected chi connectivity index (χ3v) is 3.67. The van der Waals surface area contributed by atoms with Crippen molar-refractivity contribution in [1.82, 2.24) is 15.2 Å². The molecule has 0 spiro atoms. The fourth-order valence-electron chi connectivity index (χ4n) is 1.80. The summed E-state index contributed by atoms with van der Waals surface area (Å²) >= 11 is 9.12. The Balaban J connectivity index is 1.76. The fraction of sp³-hybridized carbons (Fsp3) is 0. The number of rotatable bonds is 4. The van der Waals surface area contributed by atoms with Gasteiger partial charge in [-0.05, 0) is 42.5 Å². The molecule has 0 fully saturated rings. The van der Waals surface area contributed by atoms with Crippen LogP contribution in [0.3, 0.4) is 0 Å². The summed E-state index contributed by atoms with van der Waals surface area (Å²) in [6.45, 7) is 0. The summed E-state index contributed by atoms with van der Waals surface area (Å²) in [6, 6.07) is 11.9. The largest absolute Gasteiger partial charge is 0.339 e. The van der Waals surface area contributed by atoms with Gasteiger partial charge in [0.1, 0.15) is 5.82 Å². The molecule has 0 saturated heterocycles. The van der Waals surface area contributed by atoms with Crippen molar-refractivity contribution in [1.29, 1.82) is 0 Å². The molecule has 23 heavy (non-hydrogen) atoms. The van der Waals surface area contributed by atoms with E-state index in [0.29, 0.717) is 11.5 Å². The summed E-state index contributed by atoms with van der Waals surface area (Å²) in [6.07, 6.45) is 1.50. The van der Waals surface area contributed by atoms with E-state index < -0.39 is 5.82 Å². The number of aromatic nitrogens is 3. The summed E-state index contributed by atoms with van der Waals surface area (Å²) < 4.78 is 14.1. The smallest absolute Gasteiger partial charge is 0.249 e. The van der Waals surface area contributed by atoms with Crippen molar-refractivity contribution in [3.8, 4) is 0 Å². The third-order valence-electron chi connectivity index (χ3n) is 2.85. The Morgan fingerprint density at radius 3 is 2.48 bits per heavy atom. The van der Waals surface area contributed by atoms with Crippen LogP contribution in [0.1, 0.15) is 0 Å². The molecule has 5 nitrogen and oxygen atoms in total. The monoisotopic (exact) mass is 393 g/mol. The number of hydrogen-bond donors (Lipinski definition) is 2. The molecule has 116 valence electrons. The standard InChI is InChI=1S/C15H10BrClFN5/c16-9-1-3-10(4-2-9)20-14-8-19-23-15(22-14)21-11-5-6-13(18)12(17)7-11/h1-8H,(H2,20,21,22,23). The van der Waals surface area contributed by atoms with E-state index in [1.54, 1.807) is 6.07 Å². The minimum atomic E-state index is -0.484. The Kier molecular flexibility index (Phi) is 4.68. The lowest BCUT2D eigenvalue weighted by atomic mass is 10.3. The number of anilines is 4. The third kappa shape index (κ3) is 4.14. The van der Waals surface area contributed by atoms with Gasteiger partial charge < -0.3 is 10.6 Å². The maximum Gasteiger partial charge on any atom is 0.249 e. The highest BCUT2D eigenvalue weighted by atomic mass is 79.9. The minimum absolute atomic E-state index is 0.0205. The van der Waals surface area contributed by atoms with Crippen LogP contribution in [0.5, 0.6) is 0 Å². The van der Waals surface area contributed by atoms with Gasteiger partial charge >= 0.3 is 0 Å². The lowest BCUT2D eigenvalue weighted by molar-refractivity contribution is 0.628. The number of benzene rings is 2. The van der Waals surface area contributed by atoms with Crippen molar-refractivity contribution in [2.45, 2.75) is 0 Å². The van der Waals surface area contributed by atoms with Crippen molar-refractivity contribution in [3.05, 3.63) is 64.0 Å². The lowest BCUT2D eigenvalue weighted by Gasteiger charge is -2.08. The molecule has 0 aliphatic carbocycles.